The number of nitrogen functional groups attached to an aromatic ring is 1. The van der Waals surface area contributed by atoms with Gasteiger partial charge in [0.2, 0.25) is 11.1 Å². The maximum Gasteiger partial charge on any atom is 0.279 e. The van der Waals surface area contributed by atoms with Crippen LogP contribution in [0, 0.1) is 0 Å². The molecule has 0 aliphatic carbocycles. The highest BCUT2D eigenvalue weighted by atomic mass is 32.2. The van der Waals surface area contributed by atoms with E-state index >= 15 is 0 Å². The molecule has 4 N–H and O–H groups in total. The summed E-state index contributed by atoms with van der Waals surface area (Å²) in [5.41, 5.74) is 5.99. The van der Waals surface area contributed by atoms with E-state index in [0.29, 0.717) is 21.6 Å². The molecule has 2 heterocycles. The van der Waals surface area contributed by atoms with Crippen molar-refractivity contribution in [3.8, 4) is 5.75 Å². The molecule has 31 heavy (non-hydrogen) atoms. The highest BCUT2D eigenvalue weighted by Gasteiger charge is 2.15. The van der Waals surface area contributed by atoms with Crippen molar-refractivity contribution in [3.63, 3.8) is 0 Å². The predicted molar refractivity (Wildman–Crippen MR) is 120 cm³/mol. The summed E-state index contributed by atoms with van der Waals surface area (Å²) in [5.74, 6) is 6.38. The topological polar surface area (TPSA) is 124 Å². The second-order valence-corrected chi connectivity index (χ2v) is 9.49. The predicted octanol–water partition coefficient (Wildman–Crippen LogP) is 2.48. The Labute approximate surface area is 188 Å². The molecule has 0 atom stereocenters. The number of thioether (sulfide) groups is 1. The summed E-state index contributed by atoms with van der Waals surface area (Å²) in [5, 5.41) is 10.1. The first-order chi connectivity index (χ1) is 14.7. The largest absolute Gasteiger partial charge is 0.486 e. The standard InChI is InChI=1S/C20H24N6O3S2/c1-20(2,3)13-6-8-14(9-7-13)29-11-16-22-25-19(26(16)21)31-12-17(27)23-24-18(28)15-5-4-10-30-15/h4-10H,11-12,21H2,1-3H3,(H,23,27)(H,24,28). The zero-order chi connectivity index (χ0) is 22.4. The summed E-state index contributed by atoms with van der Waals surface area (Å²) >= 11 is 2.38. The van der Waals surface area contributed by atoms with Gasteiger partial charge in [-0.05, 0) is 34.6 Å². The summed E-state index contributed by atoms with van der Waals surface area (Å²) < 4.78 is 7.02. The van der Waals surface area contributed by atoms with Gasteiger partial charge in [0.15, 0.2) is 5.82 Å². The van der Waals surface area contributed by atoms with Crippen molar-refractivity contribution in [1.29, 1.82) is 0 Å². The number of nitrogens with two attached hydrogens (primary N) is 1. The number of hydrogen-bond donors (Lipinski definition) is 3. The molecular formula is C20H24N6O3S2. The minimum atomic E-state index is -0.394. The van der Waals surface area contributed by atoms with Gasteiger partial charge in [0.1, 0.15) is 12.4 Å². The summed E-state index contributed by atoms with van der Waals surface area (Å²) in [6, 6.07) is 11.3. The van der Waals surface area contributed by atoms with E-state index in [1.54, 1.807) is 17.5 Å². The zero-order valence-corrected chi connectivity index (χ0v) is 19.0. The second kappa shape index (κ2) is 9.84. The summed E-state index contributed by atoms with van der Waals surface area (Å²) in [6.45, 7) is 6.59. The van der Waals surface area contributed by atoms with Crippen molar-refractivity contribution >= 4 is 34.9 Å². The number of nitrogens with zero attached hydrogens (tertiary/aromatic N) is 3. The van der Waals surface area contributed by atoms with E-state index in [-0.39, 0.29) is 23.7 Å². The van der Waals surface area contributed by atoms with E-state index in [4.69, 9.17) is 10.6 Å². The van der Waals surface area contributed by atoms with Crippen molar-refractivity contribution in [1.82, 2.24) is 25.7 Å². The lowest BCUT2D eigenvalue weighted by atomic mass is 9.87. The molecule has 0 saturated heterocycles. The molecule has 1 aromatic carbocycles. The highest BCUT2D eigenvalue weighted by molar-refractivity contribution is 7.99. The monoisotopic (exact) mass is 460 g/mol. The fraction of sp³-hybridized carbons (Fsp3) is 0.300. The number of carbonyl (C=O) groups excluding carboxylic acids is 2. The third-order valence-corrected chi connectivity index (χ3v) is 6.03. The number of nitrogens with one attached hydrogen (secondary N) is 2. The molecule has 3 aromatic rings. The van der Waals surface area contributed by atoms with E-state index in [2.05, 4.69) is 41.8 Å². The van der Waals surface area contributed by atoms with Crippen LogP contribution in [-0.2, 0) is 16.8 Å². The molecule has 0 unspecified atom stereocenters. The quantitative estimate of drug-likeness (QED) is 0.281. The second-order valence-electron chi connectivity index (χ2n) is 7.60. The first-order valence-corrected chi connectivity index (χ1v) is 11.3. The van der Waals surface area contributed by atoms with Crippen LogP contribution in [0.3, 0.4) is 0 Å². The van der Waals surface area contributed by atoms with Crippen LogP contribution < -0.4 is 21.4 Å². The number of carbonyl (C=O) groups is 2. The molecular weight excluding hydrogens is 436 g/mol. The number of hydrazine groups is 1. The molecule has 0 bridgehead atoms. The van der Waals surface area contributed by atoms with Crippen molar-refractivity contribution in [2.24, 2.45) is 0 Å². The number of aromatic nitrogens is 3. The van der Waals surface area contributed by atoms with Crippen LogP contribution in [0.15, 0.2) is 46.9 Å². The van der Waals surface area contributed by atoms with Gasteiger partial charge in [0, 0.05) is 0 Å². The van der Waals surface area contributed by atoms with Crippen LogP contribution in [0.25, 0.3) is 0 Å². The Bertz CT molecular complexity index is 1030. The molecule has 2 aromatic heterocycles. The molecule has 0 aliphatic rings. The van der Waals surface area contributed by atoms with Crippen molar-refractivity contribution in [3.05, 3.63) is 58.0 Å². The minimum absolute atomic E-state index is 0.00910. The molecule has 0 fully saturated rings. The van der Waals surface area contributed by atoms with E-state index in [9.17, 15) is 9.59 Å². The summed E-state index contributed by atoms with van der Waals surface area (Å²) in [6.07, 6.45) is 0. The number of amides is 2. The maximum atomic E-state index is 12.0. The molecule has 164 valence electrons. The smallest absolute Gasteiger partial charge is 0.279 e. The van der Waals surface area contributed by atoms with Crippen molar-refractivity contribution < 1.29 is 14.3 Å². The lowest BCUT2D eigenvalue weighted by Gasteiger charge is -2.19. The van der Waals surface area contributed by atoms with Crippen LogP contribution in [0.5, 0.6) is 5.75 Å². The van der Waals surface area contributed by atoms with Gasteiger partial charge in [-0.1, -0.05) is 50.7 Å². The number of thiophene rings is 1. The van der Waals surface area contributed by atoms with Crippen molar-refractivity contribution in [2.45, 2.75) is 37.9 Å². The number of ether oxygens (including phenoxy) is 1. The van der Waals surface area contributed by atoms with Crippen LogP contribution in [-0.4, -0.2) is 32.4 Å². The molecule has 0 aliphatic heterocycles. The minimum Gasteiger partial charge on any atom is -0.486 e. The van der Waals surface area contributed by atoms with Crippen LogP contribution in [0.2, 0.25) is 0 Å². The van der Waals surface area contributed by atoms with Gasteiger partial charge in [0.05, 0.1) is 10.6 Å². The van der Waals surface area contributed by atoms with Crippen molar-refractivity contribution in [2.75, 3.05) is 11.6 Å². The molecule has 9 nitrogen and oxygen atoms in total. The van der Waals surface area contributed by atoms with E-state index < -0.39 is 5.91 Å². The summed E-state index contributed by atoms with van der Waals surface area (Å²) in [7, 11) is 0. The maximum absolute atomic E-state index is 12.0. The fourth-order valence-electron chi connectivity index (χ4n) is 2.47. The third-order valence-electron chi connectivity index (χ3n) is 4.22. The van der Waals surface area contributed by atoms with Gasteiger partial charge < -0.3 is 10.6 Å². The Kier molecular flexibility index (Phi) is 7.18. The molecule has 0 radical (unpaired) electrons. The van der Waals surface area contributed by atoms with Gasteiger partial charge in [-0.25, -0.2) is 4.68 Å². The van der Waals surface area contributed by atoms with Crippen LogP contribution in [0.1, 0.15) is 41.8 Å². The molecule has 0 saturated carbocycles. The van der Waals surface area contributed by atoms with Gasteiger partial charge in [0.25, 0.3) is 5.91 Å². The number of hydrogen-bond acceptors (Lipinski definition) is 8. The van der Waals surface area contributed by atoms with E-state index in [0.717, 1.165) is 11.8 Å². The Hall–Kier alpha value is -3.05. The third kappa shape index (κ3) is 6.22. The molecule has 2 amide bonds. The molecule has 3 rings (SSSR count). The lowest BCUT2D eigenvalue weighted by Crippen LogP contribution is -2.42. The molecule has 0 spiro atoms. The van der Waals surface area contributed by atoms with Gasteiger partial charge >= 0.3 is 0 Å². The Morgan fingerprint density at radius 1 is 1.16 bits per heavy atom. The SMILES string of the molecule is CC(C)(C)c1ccc(OCc2nnc(SCC(=O)NNC(=O)c3cccs3)n2N)cc1. The zero-order valence-electron chi connectivity index (χ0n) is 17.4. The van der Waals surface area contributed by atoms with E-state index in [1.165, 1.54) is 21.6 Å². The Balaban J connectivity index is 1.46. The number of rotatable bonds is 7. The number of benzene rings is 1. The average Bonchev–Trinajstić information content (AvgIpc) is 3.39. The first kappa shape index (κ1) is 22.6. The lowest BCUT2D eigenvalue weighted by molar-refractivity contribution is -0.119. The van der Waals surface area contributed by atoms with Gasteiger partial charge in [-0.15, -0.1) is 21.5 Å². The first-order valence-electron chi connectivity index (χ1n) is 9.42. The van der Waals surface area contributed by atoms with Gasteiger partial charge in [-0.3, -0.25) is 20.4 Å². The highest BCUT2D eigenvalue weighted by Crippen LogP contribution is 2.24. The molecule has 11 heteroatoms. The normalized spacial score (nSPS) is 11.2. The van der Waals surface area contributed by atoms with Crippen LogP contribution in [0.4, 0.5) is 0 Å². The van der Waals surface area contributed by atoms with Crippen LogP contribution >= 0.6 is 23.1 Å². The van der Waals surface area contributed by atoms with Gasteiger partial charge in [-0.2, -0.15) is 0 Å². The Morgan fingerprint density at radius 2 is 1.90 bits per heavy atom. The fourth-order valence-corrected chi connectivity index (χ4v) is 3.76. The van der Waals surface area contributed by atoms with E-state index in [1.807, 2.05) is 24.3 Å². The Morgan fingerprint density at radius 3 is 2.55 bits per heavy atom. The average molecular weight is 461 g/mol. The summed E-state index contributed by atoms with van der Waals surface area (Å²) in [4.78, 5) is 24.3.